The van der Waals surface area contributed by atoms with Crippen LogP contribution >= 0.6 is 0 Å². The molecule has 2 rings (SSSR count). The van der Waals surface area contributed by atoms with Crippen LogP contribution in [0.2, 0.25) is 0 Å². The van der Waals surface area contributed by atoms with Gasteiger partial charge < -0.3 is 10.6 Å². The van der Waals surface area contributed by atoms with Gasteiger partial charge in [0, 0.05) is 25.0 Å². The molecule has 1 amide bonds. The molecule has 3 nitrogen and oxygen atoms in total. The van der Waals surface area contributed by atoms with Gasteiger partial charge in [-0.2, -0.15) is 0 Å². The van der Waals surface area contributed by atoms with E-state index in [0.29, 0.717) is 29.3 Å². The maximum atomic E-state index is 11.8. The summed E-state index contributed by atoms with van der Waals surface area (Å²) in [6.07, 6.45) is 5.60. The van der Waals surface area contributed by atoms with Crippen molar-refractivity contribution in [3.63, 3.8) is 0 Å². The van der Waals surface area contributed by atoms with Crippen LogP contribution in [0.5, 0.6) is 0 Å². The van der Waals surface area contributed by atoms with Crippen molar-refractivity contribution >= 4 is 5.91 Å². The van der Waals surface area contributed by atoms with E-state index in [-0.39, 0.29) is 5.91 Å². The van der Waals surface area contributed by atoms with Gasteiger partial charge in [-0.25, -0.2) is 0 Å². The molecule has 2 N–H and O–H groups in total. The first kappa shape index (κ1) is 15.8. The van der Waals surface area contributed by atoms with E-state index in [0.717, 1.165) is 18.9 Å². The van der Waals surface area contributed by atoms with Gasteiger partial charge in [0.25, 0.3) is 0 Å². The van der Waals surface area contributed by atoms with Crippen molar-refractivity contribution in [2.75, 3.05) is 6.54 Å². The summed E-state index contributed by atoms with van der Waals surface area (Å²) in [6, 6.07) is 0.883. The number of nitrogens with one attached hydrogen (secondary N) is 2. The van der Waals surface area contributed by atoms with E-state index in [1.807, 2.05) is 0 Å². The third kappa shape index (κ3) is 2.61. The van der Waals surface area contributed by atoms with Gasteiger partial charge >= 0.3 is 0 Å². The van der Waals surface area contributed by atoms with E-state index in [2.05, 4.69) is 45.3 Å². The molecule has 0 aromatic carbocycles. The Morgan fingerprint density at radius 2 is 2.05 bits per heavy atom. The molecule has 0 aliphatic heterocycles. The molecule has 0 radical (unpaired) electrons. The Labute approximate surface area is 124 Å². The molecule has 3 heteroatoms. The lowest BCUT2D eigenvalue weighted by Gasteiger charge is -2.39. The highest BCUT2D eigenvalue weighted by Gasteiger charge is 2.60. The van der Waals surface area contributed by atoms with Crippen molar-refractivity contribution < 1.29 is 4.79 Å². The van der Waals surface area contributed by atoms with Crippen LogP contribution in [0.15, 0.2) is 0 Å². The first-order chi connectivity index (χ1) is 9.31. The topological polar surface area (TPSA) is 41.1 Å². The number of amides is 1. The van der Waals surface area contributed by atoms with Crippen molar-refractivity contribution in [1.82, 2.24) is 10.6 Å². The van der Waals surface area contributed by atoms with E-state index >= 15 is 0 Å². The molecule has 0 saturated heterocycles. The molecule has 0 spiro atoms. The molecule has 2 aliphatic carbocycles. The Kier molecular flexibility index (Phi) is 4.48. The standard InChI is InChI=1S/C17H32N2O/c1-6-12(2)19-15(20)8-10-18-14-11-13-7-9-17(14,5)16(13,3)4/h12-14,18H,6-11H2,1-5H3,(H,19,20). The first-order valence-electron chi connectivity index (χ1n) is 8.34. The largest absolute Gasteiger partial charge is 0.354 e. The third-order valence-corrected chi connectivity index (χ3v) is 6.56. The highest BCUT2D eigenvalue weighted by Crippen LogP contribution is 2.65. The number of hydrogen-bond acceptors (Lipinski definition) is 2. The summed E-state index contributed by atoms with van der Waals surface area (Å²) in [4.78, 5) is 11.8. The molecular weight excluding hydrogens is 248 g/mol. The smallest absolute Gasteiger partial charge is 0.221 e. The lowest BCUT2D eigenvalue weighted by Crippen LogP contribution is -2.45. The van der Waals surface area contributed by atoms with Gasteiger partial charge in [0.15, 0.2) is 0 Å². The summed E-state index contributed by atoms with van der Waals surface area (Å²) in [5.74, 6) is 1.04. The quantitative estimate of drug-likeness (QED) is 0.785. The summed E-state index contributed by atoms with van der Waals surface area (Å²) in [6.45, 7) is 12.3. The zero-order chi connectivity index (χ0) is 15.0. The Morgan fingerprint density at radius 3 is 2.55 bits per heavy atom. The summed E-state index contributed by atoms with van der Waals surface area (Å²) < 4.78 is 0. The third-order valence-electron chi connectivity index (χ3n) is 6.56. The van der Waals surface area contributed by atoms with Gasteiger partial charge in [0.1, 0.15) is 0 Å². The Bertz CT molecular complexity index is 366. The average molecular weight is 280 g/mol. The number of hydrogen-bond donors (Lipinski definition) is 2. The zero-order valence-corrected chi connectivity index (χ0v) is 13.9. The summed E-state index contributed by atoms with van der Waals surface area (Å²) in [7, 11) is 0. The van der Waals surface area contributed by atoms with E-state index in [9.17, 15) is 4.79 Å². The van der Waals surface area contributed by atoms with Gasteiger partial charge in [0.2, 0.25) is 5.91 Å². The van der Waals surface area contributed by atoms with E-state index in [4.69, 9.17) is 0 Å². The molecule has 20 heavy (non-hydrogen) atoms. The van der Waals surface area contributed by atoms with Gasteiger partial charge in [-0.1, -0.05) is 27.7 Å². The molecule has 2 saturated carbocycles. The first-order valence-corrected chi connectivity index (χ1v) is 8.34. The number of carbonyl (C=O) groups excluding carboxylic acids is 1. The zero-order valence-electron chi connectivity index (χ0n) is 13.9. The minimum absolute atomic E-state index is 0.180. The Hall–Kier alpha value is -0.570. The van der Waals surface area contributed by atoms with E-state index in [1.165, 1.54) is 19.3 Å². The van der Waals surface area contributed by atoms with Gasteiger partial charge in [-0.05, 0) is 49.4 Å². The van der Waals surface area contributed by atoms with Gasteiger partial charge in [-0.15, -0.1) is 0 Å². The van der Waals surface area contributed by atoms with Crippen LogP contribution in [-0.2, 0) is 4.79 Å². The summed E-state index contributed by atoms with van der Waals surface area (Å²) >= 11 is 0. The van der Waals surface area contributed by atoms with Crippen LogP contribution < -0.4 is 10.6 Å². The highest BCUT2D eigenvalue weighted by molar-refractivity contribution is 5.76. The predicted octanol–water partition coefficient (Wildman–Crippen LogP) is 3.10. The summed E-state index contributed by atoms with van der Waals surface area (Å²) in [5.41, 5.74) is 0.856. The SMILES string of the molecule is CCC(C)NC(=O)CCNC1CC2CCC1(C)C2(C)C. The second-order valence-corrected chi connectivity index (χ2v) is 7.74. The monoisotopic (exact) mass is 280 g/mol. The lowest BCUT2D eigenvalue weighted by atomic mass is 9.69. The molecule has 4 atom stereocenters. The van der Waals surface area contributed by atoms with Crippen molar-refractivity contribution in [3.8, 4) is 0 Å². The van der Waals surface area contributed by atoms with Gasteiger partial charge in [-0.3, -0.25) is 4.79 Å². The lowest BCUT2D eigenvalue weighted by molar-refractivity contribution is -0.121. The van der Waals surface area contributed by atoms with Crippen molar-refractivity contribution in [3.05, 3.63) is 0 Å². The Balaban J connectivity index is 1.78. The Morgan fingerprint density at radius 1 is 1.35 bits per heavy atom. The van der Waals surface area contributed by atoms with Crippen molar-refractivity contribution in [2.24, 2.45) is 16.7 Å². The van der Waals surface area contributed by atoms with E-state index < -0.39 is 0 Å². The summed E-state index contributed by atoms with van der Waals surface area (Å²) in [5, 5.41) is 6.71. The second kappa shape index (κ2) is 5.67. The molecule has 0 aromatic rings. The van der Waals surface area contributed by atoms with Crippen LogP contribution in [0, 0.1) is 16.7 Å². The average Bonchev–Trinajstić information content (AvgIpc) is 2.71. The van der Waals surface area contributed by atoms with E-state index in [1.54, 1.807) is 0 Å². The highest BCUT2D eigenvalue weighted by atomic mass is 16.1. The number of fused-ring (bicyclic) bond motifs is 2. The fourth-order valence-corrected chi connectivity index (χ4v) is 4.32. The number of carbonyl (C=O) groups is 1. The van der Waals surface area contributed by atoms with Crippen molar-refractivity contribution in [2.45, 2.75) is 78.8 Å². The number of rotatable bonds is 6. The molecule has 116 valence electrons. The van der Waals surface area contributed by atoms with Crippen LogP contribution in [0.4, 0.5) is 0 Å². The second-order valence-electron chi connectivity index (χ2n) is 7.74. The molecule has 2 aliphatic rings. The minimum atomic E-state index is 0.180. The van der Waals surface area contributed by atoms with Crippen molar-refractivity contribution in [1.29, 1.82) is 0 Å². The fourth-order valence-electron chi connectivity index (χ4n) is 4.32. The van der Waals surface area contributed by atoms with Crippen LogP contribution in [0.1, 0.15) is 66.7 Å². The maximum Gasteiger partial charge on any atom is 0.221 e. The van der Waals surface area contributed by atoms with Gasteiger partial charge in [0.05, 0.1) is 0 Å². The predicted molar refractivity (Wildman–Crippen MR) is 83.5 cm³/mol. The van der Waals surface area contributed by atoms with Crippen LogP contribution in [0.25, 0.3) is 0 Å². The van der Waals surface area contributed by atoms with Crippen LogP contribution in [0.3, 0.4) is 0 Å². The molecular formula is C17H32N2O. The normalized spacial score (nSPS) is 36.0. The minimum Gasteiger partial charge on any atom is -0.354 e. The molecule has 2 fully saturated rings. The molecule has 0 heterocycles. The molecule has 2 bridgehead atoms. The maximum absolute atomic E-state index is 11.8. The molecule has 0 aromatic heterocycles. The molecule has 4 unspecified atom stereocenters. The van der Waals surface area contributed by atoms with Crippen LogP contribution in [-0.4, -0.2) is 24.5 Å². The fraction of sp³-hybridized carbons (Fsp3) is 0.941.